The van der Waals surface area contributed by atoms with Crippen molar-refractivity contribution in [2.75, 3.05) is 20.3 Å². The Morgan fingerprint density at radius 2 is 1.66 bits per heavy atom. The van der Waals surface area contributed by atoms with Crippen LogP contribution in [0.1, 0.15) is 35.3 Å². The summed E-state index contributed by atoms with van der Waals surface area (Å²) >= 11 is 6.13. The Hall–Kier alpha value is -2.38. The Balaban J connectivity index is 2.08. The fraction of sp³-hybridized carbons (Fsp3) is 0.364. The monoisotopic (exact) mass is 482 g/mol. The fourth-order valence-corrected chi connectivity index (χ4v) is 5.03. The first-order valence-electron chi connectivity index (χ1n) is 10.1. The molecule has 0 heterocycles. The van der Waals surface area contributed by atoms with Gasteiger partial charge in [0, 0.05) is 12.0 Å². The molecule has 2 aromatic rings. The second-order valence-electron chi connectivity index (χ2n) is 6.90. The molecule has 0 aliphatic rings. The fourth-order valence-electron chi connectivity index (χ4n) is 3.04. The molecule has 0 aliphatic carbocycles. The van der Waals surface area contributed by atoms with Crippen molar-refractivity contribution in [1.82, 2.24) is 5.32 Å². The number of benzene rings is 2. The number of hydrogen-bond acceptors (Lipinski definition) is 6. The van der Waals surface area contributed by atoms with Crippen molar-refractivity contribution in [3.63, 3.8) is 0 Å². The summed E-state index contributed by atoms with van der Waals surface area (Å²) in [5.41, 5.74) is 7.23. The van der Waals surface area contributed by atoms with Gasteiger partial charge in [-0.15, -0.1) is 0 Å². The van der Waals surface area contributed by atoms with Crippen LogP contribution in [-0.2, 0) is 31.0 Å². The molecule has 0 aliphatic heterocycles. The van der Waals surface area contributed by atoms with E-state index in [4.69, 9.17) is 31.1 Å². The van der Waals surface area contributed by atoms with Crippen LogP contribution in [0.5, 0.6) is 5.75 Å². The number of halogens is 1. The summed E-state index contributed by atoms with van der Waals surface area (Å²) in [6, 6.07) is 10.7. The molecule has 0 aromatic heterocycles. The topological polar surface area (TPSA) is 117 Å². The Bertz CT molecular complexity index is 973. The van der Waals surface area contributed by atoms with Crippen molar-refractivity contribution < 1.29 is 27.9 Å². The molecule has 0 spiro atoms. The standard InChI is InChI=1S/C22H28ClN2O6P/c1-4-30-32(28,31-5-2)14-15-6-9-17(10-7-15)22(27)25-19(21(24)26)13-16-8-11-20(29-3)18(23)12-16/h6-12,19H,4-5,13-14H2,1-3H3,(H2,24,26)(H,25,27)/t19-/m0/s1. The van der Waals surface area contributed by atoms with Gasteiger partial charge in [0.1, 0.15) is 11.8 Å². The minimum absolute atomic E-state index is 0.0960. The van der Waals surface area contributed by atoms with E-state index in [1.165, 1.54) is 7.11 Å². The number of primary amides is 1. The SMILES string of the molecule is CCOP(=O)(Cc1ccc(C(=O)N[C@@H](Cc2ccc(OC)c(Cl)c2)C(N)=O)cc1)OCC. The molecule has 0 unspecified atom stereocenters. The van der Waals surface area contributed by atoms with Crippen LogP contribution < -0.4 is 15.8 Å². The van der Waals surface area contributed by atoms with Crippen LogP contribution in [0.15, 0.2) is 42.5 Å². The highest BCUT2D eigenvalue weighted by molar-refractivity contribution is 7.53. The predicted molar refractivity (Wildman–Crippen MR) is 123 cm³/mol. The molecule has 32 heavy (non-hydrogen) atoms. The number of nitrogens with one attached hydrogen (secondary N) is 1. The molecule has 174 valence electrons. The lowest BCUT2D eigenvalue weighted by Gasteiger charge is -2.18. The summed E-state index contributed by atoms with van der Waals surface area (Å²) in [6.45, 7) is 4.03. The van der Waals surface area contributed by atoms with Gasteiger partial charge in [0.25, 0.3) is 5.91 Å². The summed E-state index contributed by atoms with van der Waals surface area (Å²) in [4.78, 5) is 24.6. The number of carbonyl (C=O) groups excluding carboxylic acids is 2. The summed E-state index contributed by atoms with van der Waals surface area (Å²) in [5, 5.41) is 3.04. The Kier molecular flexibility index (Phi) is 9.72. The van der Waals surface area contributed by atoms with Gasteiger partial charge in [0.15, 0.2) is 0 Å². The van der Waals surface area contributed by atoms with Gasteiger partial charge in [0.2, 0.25) is 5.91 Å². The number of amides is 2. The first kappa shape index (κ1) is 25.9. The van der Waals surface area contributed by atoms with Crippen LogP contribution in [0.2, 0.25) is 5.02 Å². The molecule has 1 atom stereocenters. The Labute approximate surface area is 192 Å². The zero-order valence-electron chi connectivity index (χ0n) is 18.3. The van der Waals surface area contributed by atoms with Gasteiger partial charge < -0.3 is 24.8 Å². The van der Waals surface area contributed by atoms with Gasteiger partial charge in [-0.2, -0.15) is 0 Å². The second kappa shape index (κ2) is 12.0. The minimum Gasteiger partial charge on any atom is -0.495 e. The van der Waals surface area contributed by atoms with Gasteiger partial charge in [-0.3, -0.25) is 14.2 Å². The van der Waals surface area contributed by atoms with Crippen LogP contribution in [-0.4, -0.2) is 38.2 Å². The van der Waals surface area contributed by atoms with Crippen LogP contribution in [0.4, 0.5) is 0 Å². The van der Waals surface area contributed by atoms with E-state index in [-0.39, 0.29) is 25.8 Å². The number of ether oxygens (including phenoxy) is 1. The van der Waals surface area contributed by atoms with Gasteiger partial charge in [0.05, 0.1) is 31.5 Å². The minimum atomic E-state index is -3.25. The number of rotatable bonds is 12. The summed E-state index contributed by atoms with van der Waals surface area (Å²) in [5.74, 6) is -0.623. The van der Waals surface area contributed by atoms with Crippen molar-refractivity contribution in [2.45, 2.75) is 32.5 Å². The molecule has 2 amide bonds. The Morgan fingerprint density at radius 3 is 2.16 bits per heavy atom. The van der Waals surface area contributed by atoms with Gasteiger partial charge in [-0.1, -0.05) is 29.8 Å². The van der Waals surface area contributed by atoms with Crippen LogP contribution >= 0.6 is 19.2 Å². The molecule has 3 N–H and O–H groups in total. The third kappa shape index (κ3) is 7.35. The molecule has 2 rings (SSSR count). The third-order valence-electron chi connectivity index (χ3n) is 4.55. The molecule has 0 fully saturated rings. The van der Waals surface area contributed by atoms with Crippen molar-refractivity contribution in [1.29, 1.82) is 0 Å². The van der Waals surface area contributed by atoms with E-state index in [2.05, 4.69) is 5.32 Å². The highest BCUT2D eigenvalue weighted by Crippen LogP contribution is 2.51. The van der Waals surface area contributed by atoms with Crippen molar-refractivity contribution in [2.24, 2.45) is 5.73 Å². The van der Waals surface area contributed by atoms with Crippen molar-refractivity contribution in [3.8, 4) is 5.75 Å². The lowest BCUT2D eigenvalue weighted by atomic mass is 10.0. The first-order valence-corrected chi connectivity index (χ1v) is 12.2. The van der Waals surface area contributed by atoms with E-state index < -0.39 is 25.5 Å². The van der Waals surface area contributed by atoms with E-state index in [1.807, 2.05) is 0 Å². The first-order chi connectivity index (χ1) is 15.2. The van der Waals surface area contributed by atoms with Gasteiger partial charge in [-0.05, 0) is 49.2 Å². The van der Waals surface area contributed by atoms with Crippen molar-refractivity contribution >= 4 is 31.0 Å². The third-order valence-corrected chi connectivity index (χ3v) is 6.90. The van der Waals surface area contributed by atoms with E-state index >= 15 is 0 Å². The quantitative estimate of drug-likeness (QED) is 0.442. The lowest BCUT2D eigenvalue weighted by molar-refractivity contribution is -0.119. The average Bonchev–Trinajstić information content (AvgIpc) is 2.74. The number of nitrogens with two attached hydrogens (primary N) is 1. The highest BCUT2D eigenvalue weighted by Gasteiger charge is 2.24. The van der Waals surface area contributed by atoms with Gasteiger partial charge >= 0.3 is 7.60 Å². The molecular formula is C22H28ClN2O6P. The molecule has 2 aromatic carbocycles. The Morgan fingerprint density at radius 1 is 1.06 bits per heavy atom. The molecule has 8 nitrogen and oxygen atoms in total. The maximum Gasteiger partial charge on any atom is 0.335 e. The maximum absolute atomic E-state index is 12.7. The average molecular weight is 483 g/mol. The van der Waals surface area contributed by atoms with E-state index in [0.717, 1.165) is 5.56 Å². The molecule has 10 heteroatoms. The van der Waals surface area contributed by atoms with E-state index in [0.29, 0.717) is 21.9 Å². The largest absolute Gasteiger partial charge is 0.495 e. The number of hydrogen-bond donors (Lipinski definition) is 2. The van der Waals surface area contributed by atoms with Crippen molar-refractivity contribution in [3.05, 3.63) is 64.2 Å². The summed E-state index contributed by atoms with van der Waals surface area (Å²) in [6.07, 6.45) is 0.271. The number of carbonyl (C=O) groups is 2. The normalized spacial score (nSPS) is 12.2. The maximum atomic E-state index is 12.7. The van der Waals surface area contributed by atoms with Crippen LogP contribution in [0.3, 0.4) is 0 Å². The van der Waals surface area contributed by atoms with E-state index in [9.17, 15) is 14.2 Å². The zero-order chi connectivity index (χ0) is 23.7. The molecular weight excluding hydrogens is 455 g/mol. The molecule has 0 bridgehead atoms. The zero-order valence-corrected chi connectivity index (χ0v) is 19.9. The van der Waals surface area contributed by atoms with Gasteiger partial charge in [-0.25, -0.2) is 0 Å². The van der Waals surface area contributed by atoms with Crippen LogP contribution in [0, 0.1) is 0 Å². The number of methoxy groups -OCH3 is 1. The molecule has 0 radical (unpaired) electrons. The molecule has 0 saturated carbocycles. The highest BCUT2D eigenvalue weighted by atomic mass is 35.5. The van der Waals surface area contributed by atoms with Crippen LogP contribution in [0.25, 0.3) is 0 Å². The lowest BCUT2D eigenvalue weighted by Crippen LogP contribution is -2.45. The smallest absolute Gasteiger partial charge is 0.335 e. The molecule has 0 saturated heterocycles. The predicted octanol–water partition coefficient (Wildman–Crippen LogP) is 3.94. The van der Waals surface area contributed by atoms with E-state index in [1.54, 1.807) is 56.3 Å². The summed E-state index contributed by atoms with van der Waals surface area (Å²) < 4.78 is 28.4. The summed E-state index contributed by atoms with van der Waals surface area (Å²) in [7, 11) is -1.74. The second-order valence-corrected chi connectivity index (χ2v) is 9.36.